The van der Waals surface area contributed by atoms with Gasteiger partial charge in [-0.1, -0.05) is 54.6 Å². The van der Waals surface area contributed by atoms with E-state index in [1.807, 2.05) is 36.4 Å². The van der Waals surface area contributed by atoms with Crippen molar-refractivity contribution >= 4 is 40.3 Å². The number of nitrogens with one attached hydrogen (secondary N) is 2. The molecule has 5 aromatic carbocycles. The number of benzene rings is 5. The van der Waals surface area contributed by atoms with Gasteiger partial charge in [-0.25, -0.2) is 4.98 Å². The molecular formula is C39H31N3O6. The van der Waals surface area contributed by atoms with E-state index in [-0.39, 0.29) is 17.5 Å². The maximum Gasteiger partial charge on any atom is 0.256 e. The predicted octanol–water partition coefficient (Wildman–Crippen LogP) is 7.64. The number of amides is 1. The highest BCUT2D eigenvalue weighted by atomic mass is 16.5. The number of anilines is 1. The third-order valence-electron chi connectivity index (χ3n) is 7.75. The number of carbonyl (C=O) groups excluding carboxylic acids is 3. The van der Waals surface area contributed by atoms with Gasteiger partial charge in [0.05, 0.1) is 37.9 Å². The number of aromatic nitrogens is 2. The zero-order valence-electron chi connectivity index (χ0n) is 26.4. The molecule has 0 saturated carbocycles. The van der Waals surface area contributed by atoms with Crippen LogP contribution in [-0.2, 0) is 0 Å². The number of allylic oxidation sites excluding steroid dienone is 1. The monoisotopic (exact) mass is 637 g/mol. The Bertz CT molecular complexity index is 2140. The van der Waals surface area contributed by atoms with Crippen molar-refractivity contribution in [3.63, 3.8) is 0 Å². The van der Waals surface area contributed by atoms with Crippen LogP contribution in [0.25, 0.3) is 28.5 Å². The molecule has 2 N–H and O–H groups in total. The van der Waals surface area contributed by atoms with Crippen LogP contribution < -0.4 is 19.5 Å². The number of carbonyl (C=O) groups is 3. The van der Waals surface area contributed by atoms with Crippen molar-refractivity contribution in [2.75, 3.05) is 26.6 Å². The number of fused-ring (bicyclic) bond motifs is 1. The van der Waals surface area contributed by atoms with Crippen molar-refractivity contribution in [3.05, 3.63) is 143 Å². The number of imidazole rings is 1. The number of ether oxygens (including phenoxy) is 3. The van der Waals surface area contributed by atoms with E-state index in [9.17, 15) is 14.4 Å². The lowest BCUT2D eigenvalue weighted by molar-refractivity contribution is 0.102. The average Bonchev–Trinajstić information content (AvgIpc) is 3.57. The van der Waals surface area contributed by atoms with E-state index in [0.29, 0.717) is 67.7 Å². The summed E-state index contributed by atoms with van der Waals surface area (Å²) in [5.41, 5.74) is 5.15. The van der Waals surface area contributed by atoms with Crippen molar-refractivity contribution < 1.29 is 28.6 Å². The van der Waals surface area contributed by atoms with Gasteiger partial charge >= 0.3 is 0 Å². The number of H-pyrrole nitrogens is 1. The molecule has 0 atom stereocenters. The zero-order valence-corrected chi connectivity index (χ0v) is 26.4. The second-order valence-electron chi connectivity index (χ2n) is 10.7. The second-order valence-corrected chi connectivity index (χ2v) is 10.7. The minimum absolute atomic E-state index is 0.0934. The topological polar surface area (TPSA) is 120 Å². The number of hydrogen-bond donors (Lipinski definition) is 2. The zero-order chi connectivity index (χ0) is 33.6. The fourth-order valence-electron chi connectivity index (χ4n) is 5.30. The fourth-order valence-corrected chi connectivity index (χ4v) is 5.30. The lowest BCUT2D eigenvalue weighted by Gasteiger charge is -2.12. The Kier molecular flexibility index (Phi) is 9.11. The van der Waals surface area contributed by atoms with Crippen molar-refractivity contribution in [3.8, 4) is 28.6 Å². The molecule has 9 nitrogen and oxygen atoms in total. The highest BCUT2D eigenvalue weighted by Crippen LogP contribution is 2.38. The lowest BCUT2D eigenvalue weighted by Crippen LogP contribution is -2.13. The van der Waals surface area contributed by atoms with E-state index in [2.05, 4.69) is 10.3 Å². The van der Waals surface area contributed by atoms with Crippen LogP contribution in [0.5, 0.6) is 17.2 Å². The van der Waals surface area contributed by atoms with Gasteiger partial charge in [0, 0.05) is 27.9 Å². The van der Waals surface area contributed by atoms with E-state index >= 15 is 0 Å². The van der Waals surface area contributed by atoms with Gasteiger partial charge in [0.1, 0.15) is 5.82 Å². The molecule has 6 rings (SSSR count). The predicted molar refractivity (Wildman–Crippen MR) is 185 cm³/mol. The van der Waals surface area contributed by atoms with E-state index in [4.69, 9.17) is 19.2 Å². The summed E-state index contributed by atoms with van der Waals surface area (Å²) in [6.45, 7) is 0. The first kappa shape index (κ1) is 31.5. The maximum absolute atomic E-state index is 13.4. The van der Waals surface area contributed by atoms with Gasteiger partial charge in [0.15, 0.2) is 23.1 Å². The molecule has 0 spiro atoms. The number of nitrogens with zero attached hydrogens (tertiary/aromatic N) is 1. The molecule has 1 aromatic heterocycles. The molecule has 0 aliphatic carbocycles. The molecular weight excluding hydrogens is 606 g/mol. The van der Waals surface area contributed by atoms with Gasteiger partial charge in [-0.15, -0.1) is 0 Å². The summed E-state index contributed by atoms with van der Waals surface area (Å²) in [7, 11) is 4.58. The average molecular weight is 638 g/mol. The van der Waals surface area contributed by atoms with Gasteiger partial charge in [-0.05, 0) is 72.3 Å². The molecule has 0 radical (unpaired) electrons. The molecule has 0 unspecified atom stereocenters. The number of rotatable bonds is 11. The highest BCUT2D eigenvalue weighted by molar-refractivity contribution is 6.11. The summed E-state index contributed by atoms with van der Waals surface area (Å²) in [5, 5.41) is 2.91. The van der Waals surface area contributed by atoms with E-state index < -0.39 is 0 Å². The van der Waals surface area contributed by atoms with Gasteiger partial charge < -0.3 is 24.5 Å². The minimum atomic E-state index is -0.340. The summed E-state index contributed by atoms with van der Waals surface area (Å²) in [4.78, 5) is 47.3. The molecule has 0 bridgehead atoms. The first-order valence-electron chi connectivity index (χ1n) is 15.0. The minimum Gasteiger partial charge on any atom is -0.493 e. The van der Waals surface area contributed by atoms with Crippen LogP contribution in [0.4, 0.5) is 5.69 Å². The summed E-state index contributed by atoms with van der Waals surface area (Å²) >= 11 is 0. The molecule has 0 aliphatic rings. The first-order valence-corrected chi connectivity index (χ1v) is 15.0. The van der Waals surface area contributed by atoms with Crippen molar-refractivity contribution in [2.45, 2.75) is 0 Å². The van der Waals surface area contributed by atoms with Crippen LogP contribution in [0.15, 0.2) is 115 Å². The van der Waals surface area contributed by atoms with E-state index in [1.165, 1.54) is 27.4 Å². The molecule has 6 aromatic rings. The fraction of sp³-hybridized carbons (Fsp3) is 0.0769. The number of methoxy groups -OCH3 is 3. The number of aromatic amines is 1. The summed E-state index contributed by atoms with van der Waals surface area (Å²) in [5.74, 6) is 1.28. The van der Waals surface area contributed by atoms with Crippen molar-refractivity contribution in [1.82, 2.24) is 9.97 Å². The Morgan fingerprint density at radius 1 is 0.708 bits per heavy atom. The van der Waals surface area contributed by atoms with Crippen LogP contribution >= 0.6 is 0 Å². The van der Waals surface area contributed by atoms with Crippen LogP contribution in [0.3, 0.4) is 0 Å². The van der Waals surface area contributed by atoms with E-state index in [1.54, 1.807) is 78.9 Å². The van der Waals surface area contributed by atoms with Gasteiger partial charge in [0.25, 0.3) is 5.91 Å². The molecule has 48 heavy (non-hydrogen) atoms. The second kappa shape index (κ2) is 13.9. The molecule has 0 aliphatic heterocycles. The van der Waals surface area contributed by atoms with Gasteiger partial charge in [-0.3, -0.25) is 14.4 Å². The Morgan fingerprint density at radius 3 is 2.06 bits per heavy atom. The number of ketones is 2. The Balaban J connectivity index is 1.17. The Hall–Kier alpha value is -6.48. The normalized spacial score (nSPS) is 11.0. The smallest absolute Gasteiger partial charge is 0.256 e. The number of hydrogen-bond acceptors (Lipinski definition) is 7. The van der Waals surface area contributed by atoms with Crippen molar-refractivity contribution in [1.29, 1.82) is 0 Å². The van der Waals surface area contributed by atoms with Crippen molar-refractivity contribution in [2.24, 2.45) is 0 Å². The third-order valence-corrected chi connectivity index (χ3v) is 7.75. The molecule has 1 heterocycles. The highest BCUT2D eigenvalue weighted by Gasteiger charge is 2.18. The molecule has 1 amide bonds. The summed E-state index contributed by atoms with van der Waals surface area (Å²) in [6, 6.07) is 31.7. The van der Waals surface area contributed by atoms with Crippen LogP contribution in [0.1, 0.15) is 42.2 Å². The third kappa shape index (κ3) is 6.56. The van der Waals surface area contributed by atoms with Crippen LogP contribution in [0, 0.1) is 0 Å². The molecule has 238 valence electrons. The Labute approximate surface area is 276 Å². The van der Waals surface area contributed by atoms with Crippen LogP contribution in [-0.4, -0.2) is 48.8 Å². The van der Waals surface area contributed by atoms with Crippen LogP contribution in [0.2, 0.25) is 0 Å². The lowest BCUT2D eigenvalue weighted by atomic mass is 10.0. The SMILES string of the molecule is COc1cc(/C=C/C(=O)c2ccc(NC(=O)c3ccccc3-c3nc4cc(C(=O)c5ccccc5)ccc4[nH]3)cc2)cc(OC)c1OC. The molecule has 9 heteroatoms. The van der Waals surface area contributed by atoms with Gasteiger partial charge in [0.2, 0.25) is 5.75 Å². The molecule has 0 saturated heterocycles. The quantitative estimate of drug-likeness (QED) is 0.111. The summed E-state index contributed by atoms with van der Waals surface area (Å²) < 4.78 is 16.1. The standard InChI is InChI=1S/C39H31N3O6/c1-46-34-21-24(22-35(47-2)37(34)48-3)13-20-33(43)25-14-17-28(18-15-25)40-39(45)30-12-8-7-11-29(30)38-41-31-19-16-27(23-32(31)42-38)36(44)26-9-5-4-6-10-26/h4-23H,1-3H3,(H,40,45)(H,41,42)/b20-13+. The van der Waals surface area contributed by atoms with Gasteiger partial charge in [-0.2, -0.15) is 0 Å². The summed E-state index contributed by atoms with van der Waals surface area (Å²) in [6.07, 6.45) is 3.12. The Morgan fingerprint density at radius 2 is 1.38 bits per heavy atom. The largest absolute Gasteiger partial charge is 0.493 e. The first-order chi connectivity index (χ1) is 23.4. The van der Waals surface area contributed by atoms with E-state index in [0.717, 1.165) is 5.52 Å². The molecule has 0 fully saturated rings. The maximum atomic E-state index is 13.4.